The first-order valence-corrected chi connectivity index (χ1v) is 8.99. The van der Waals surface area contributed by atoms with Crippen LogP contribution in [0.1, 0.15) is 17.3 Å². The van der Waals surface area contributed by atoms with Crippen molar-refractivity contribution in [2.24, 2.45) is 0 Å². The van der Waals surface area contributed by atoms with Crippen LogP contribution in [-0.4, -0.2) is 20.7 Å². The second-order valence-corrected chi connectivity index (χ2v) is 6.84. The molecule has 0 aliphatic carbocycles. The normalized spacial score (nSPS) is 15.8. The second-order valence-electron chi connectivity index (χ2n) is 5.04. The van der Waals surface area contributed by atoms with Gasteiger partial charge in [-0.3, -0.25) is 0 Å². The first kappa shape index (κ1) is 15.3. The molecule has 0 saturated heterocycles. The Morgan fingerprint density at radius 1 is 1.04 bits per heavy atom. The van der Waals surface area contributed by atoms with E-state index in [1.807, 2.05) is 60.4 Å². The van der Waals surface area contributed by atoms with Gasteiger partial charge >= 0.3 is 141 Å². The molecule has 2 aromatic rings. The molecule has 23 heavy (non-hydrogen) atoms. The van der Waals surface area contributed by atoms with Crippen LogP contribution in [0, 0.1) is 11.3 Å². The zero-order chi connectivity index (χ0) is 16.2. The average molecular weight is 365 g/mol. The maximum atomic E-state index is 12.7. The molecule has 0 bridgehead atoms. The number of allylic oxidation sites excluding steroid dienone is 2. The summed E-state index contributed by atoms with van der Waals surface area (Å²) in [5.74, 6) is -0.214. The van der Waals surface area contributed by atoms with Crippen molar-refractivity contribution in [2.45, 2.75) is 6.92 Å². The van der Waals surface area contributed by atoms with Crippen molar-refractivity contribution in [1.82, 2.24) is 0 Å². The SMILES string of the molecule is CC1=C[Se]/C(=C(/C#N)C(=O)c2ccccc2)N1c1ccccc1. The summed E-state index contributed by atoms with van der Waals surface area (Å²) in [6.45, 7) is 2.00. The van der Waals surface area contributed by atoms with Gasteiger partial charge in [-0.15, -0.1) is 0 Å². The number of benzene rings is 2. The van der Waals surface area contributed by atoms with E-state index in [0.29, 0.717) is 5.56 Å². The van der Waals surface area contributed by atoms with Crippen LogP contribution in [-0.2, 0) is 0 Å². The number of ketones is 1. The van der Waals surface area contributed by atoms with Gasteiger partial charge in [0.25, 0.3) is 0 Å². The zero-order valence-electron chi connectivity index (χ0n) is 12.6. The van der Waals surface area contributed by atoms with Gasteiger partial charge in [0, 0.05) is 0 Å². The van der Waals surface area contributed by atoms with E-state index in [0.717, 1.165) is 16.0 Å². The molecule has 0 amide bonds. The Labute approximate surface area is 141 Å². The van der Waals surface area contributed by atoms with Crippen molar-refractivity contribution >= 4 is 26.4 Å². The fourth-order valence-electron chi connectivity index (χ4n) is 2.40. The Morgan fingerprint density at radius 3 is 2.26 bits per heavy atom. The number of nitrogens with zero attached hydrogens (tertiary/aromatic N) is 2. The van der Waals surface area contributed by atoms with Crippen LogP contribution >= 0.6 is 0 Å². The third-order valence-electron chi connectivity index (χ3n) is 3.50. The molecule has 3 rings (SSSR count). The van der Waals surface area contributed by atoms with Crippen LogP contribution in [0.5, 0.6) is 0 Å². The van der Waals surface area contributed by atoms with Crippen molar-refractivity contribution in [1.29, 1.82) is 5.26 Å². The molecule has 0 radical (unpaired) electrons. The van der Waals surface area contributed by atoms with Crippen LogP contribution in [0.4, 0.5) is 5.69 Å². The van der Waals surface area contributed by atoms with E-state index in [1.54, 1.807) is 12.1 Å². The first-order chi connectivity index (χ1) is 11.2. The van der Waals surface area contributed by atoms with E-state index in [9.17, 15) is 10.1 Å². The molecular weight excluding hydrogens is 351 g/mol. The van der Waals surface area contributed by atoms with Crippen LogP contribution in [0.15, 0.2) is 81.5 Å². The Morgan fingerprint density at radius 2 is 1.65 bits per heavy atom. The van der Waals surface area contributed by atoms with Crippen molar-refractivity contribution in [3.8, 4) is 6.07 Å². The molecule has 3 nitrogen and oxygen atoms in total. The summed E-state index contributed by atoms with van der Waals surface area (Å²) in [5, 5.41) is 9.60. The maximum absolute atomic E-state index is 12.7. The Hall–Kier alpha value is -2.60. The van der Waals surface area contributed by atoms with Crippen molar-refractivity contribution in [2.75, 3.05) is 4.90 Å². The van der Waals surface area contributed by atoms with E-state index in [1.165, 1.54) is 0 Å². The number of Topliss-reactive ketones (excluding diaryl/α,β-unsaturated/α-hetero) is 1. The van der Waals surface area contributed by atoms with Gasteiger partial charge < -0.3 is 0 Å². The molecule has 1 heterocycles. The molecule has 4 heteroatoms. The third kappa shape index (κ3) is 2.98. The van der Waals surface area contributed by atoms with Crippen molar-refractivity contribution in [3.05, 3.63) is 87.1 Å². The van der Waals surface area contributed by atoms with E-state index in [4.69, 9.17) is 0 Å². The molecule has 0 unspecified atom stereocenters. The van der Waals surface area contributed by atoms with Crippen molar-refractivity contribution in [3.63, 3.8) is 0 Å². The number of nitriles is 1. The second kappa shape index (κ2) is 6.66. The van der Waals surface area contributed by atoms with E-state index in [2.05, 4.69) is 11.0 Å². The third-order valence-corrected chi connectivity index (χ3v) is 5.74. The fourth-order valence-corrected chi connectivity index (χ4v) is 4.50. The van der Waals surface area contributed by atoms with Gasteiger partial charge in [0.15, 0.2) is 0 Å². The summed E-state index contributed by atoms with van der Waals surface area (Å²) in [6.07, 6.45) is 0. The molecular formula is C19H14N2OSe. The predicted octanol–water partition coefficient (Wildman–Crippen LogP) is 3.69. The van der Waals surface area contributed by atoms with E-state index >= 15 is 0 Å². The van der Waals surface area contributed by atoms with Gasteiger partial charge in [0.05, 0.1) is 0 Å². The van der Waals surface area contributed by atoms with Crippen LogP contribution in [0.3, 0.4) is 0 Å². The van der Waals surface area contributed by atoms with E-state index < -0.39 is 0 Å². The van der Waals surface area contributed by atoms with Gasteiger partial charge in [0.1, 0.15) is 0 Å². The number of hydrogen-bond donors (Lipinski definition) is 0. The number of rotatable bonds is 3. The molecule has 1 aliphatic rings. The number of hydrogen-bond acceptors (Lipinski definition) is 3. The summed E-state index contributed by atoms with van der Waals surface area (Å²) in [5.41, 5.74) is 2.81. The number of carbonyl (C=O) groups is 1. The molecule has 0 N–H and O–H groups in total. The van der Waals surface area contributed by atoms with Gasteiger partial charge in [-0.1, -0.05) is 0 Å². The average Bonchev–Trinajstić information content (AvgIpc) is 2.98. The molecule has 0 saturated carbocycles. The molecule has 0 atom stereocenters. The molecule has 2 aromatic carbocycles. The number of anilines is 1. The molecule has 0 aromatic heterocycles. The topological polar surface area (TPSA) is 44.1 Å². The Bertz CT molecular complexity index is 833. The van der Waals surface area contributed by atoms with Gasteiger partial charge in [-0.2, -0.15) is 0 Å². The van der Waals surface area contributed by atoms with Crippen LogP contribution in [0.2, 0.25) is 0 Å². The summed E-state index contributed by atoms with van der Waals surface area (Å²) in [4.78, 5) is 16.8. The van der Waals surface area contributed by atoms with Crippen LogP contribution in [0.25, 0.3) is 0 Å². The molecule has 1 aliphatic heterocycles. The first-order valence-electron chi connectivity index (χ1n) is 7.15. The van der Waals surface area contributed by atoms with Crippen LogP contribution < -0.4 is 4.90 Å². The fraction of sp³-hybridized carbons (Fsp3) is 0.0526. The summed E-state index contributed by atoms with van der Waals surface area (Å²) in [6, 6.07) is 20.9. The Kier molecular flexibility index (Phi) is 4.43. The predicted molar refractivity (Wildman–Crippen MR) is 91.8 cm³/mol. The molecule has 0 fully saturated rings. The Balaban J connectivity index is 2.08. The quantitative estimate of drug-likeness (QED) is 0.361. The van der Waals surface area contributed by atoms with Crippen molar-refractivity contribution < 1.29 is 4.79 Å². The van der Waals surface area contributed by atoms with E-state index in [-0.39, 0.29) is 26.3 Å². The number of carbonyl (C=O) groups excluding carboxylic acids is 1. The zero-order valence-corrected chi connectivity index (χ0v) is 14.3. The van der Waals surface area contributed by atoms with Gasteiger partial charge in [0.2, 0.25) is 0 Å². The minimum absolute atomic E-state index is 0.0323. The van der Waals surface area contributed by atoms with Gasteiger partial charge in [-0.05, 0) is 0 Å². The monoisotopic (exact) mass is 366 g/mol. The minimum atomic E-state index is -0.214. The standard InChI is InChI=1S/C19H14N2OSe/c1-14-13-23-19(21(14)16-10-6-3-7-11-16)17(12-20)18(22)15-8-4-2-5-9-15/h2-11,13H,1H3/b19-17-. The molecule has 112 valence electrons. The molecule has 0 spiro atoms. The summed E-state index contributed by atoms with van der Waals surface area (Å²) in [7, 11) is 0. The summed E-state index contributed by atoms with van der Waals surface area (Å²) < 4.78 is 0.803. The summed E-state index contributed by atoms with van der Waals surface area (Å²) >= 11 is -0.0323. The van der Waals surface area contributed by atoms with Gasteiger partial charge in [-0.25, -0.2) is 0 Å². The number of para-hydroxylation sites is 1.